The highest BCUT2D eigenvalue weighted by atomic mass is 16.5. The molecule has 0 fully saturated rings. The van der Waals surface area contributed by atoms with Crippen LogP contribution in [0.4, 0.5) is 11.8 Å². The van der Waals surface area contributed by atoms with Gasteiger partial charge < -0.3 is 20.1 Å². The fourth-order valence-corrected chi connectivity index (χ4v) is 2.85. The summed E-state index contributed by atoms with van der Waals surface area (Å²) in [5.74, 6) is 3.31. The van der Waals surface area contributed by atoms with Crippen LogP contribution in [0.5, 0.6) is 11.5 Å². The number of methoxy groups -OCH3 is 2. The first kappa shape index (κ1) is 20.5. The molecule has 1 heterocycles. The molecule has 0 saturated heterocycles. The van der Waals surface area contributed by atoms with E-state index < -0.39 is 0 Å². The Bertz CT molecular complexity index is 929. The van der Waals surface area contributed by atoms with Crippen LogP contribution in [0.1, 0.15) is 19.4 Å². The largest absolute Gasteiger partial charge is 0.493 e. The number of nitrogens with one attached hydrogen (secondary N) is 2. The zero-order chi connectivity index (χ0) is 20.6. The molecule has 0 atom stereocenters. The van der Waals surface area contributed by atoms with Gasteiger partial charge in [0.15, 0.2) is 11.5 Å². The molecule has 152 valence electrons. The minimum Gasteiger partial charge on any atom is -0.493 e. The molecule has 1 aromatic heterocycles. The highest BCUT2D eigenvalue weighted by Gasteiger charge is 2.09. The molecule has 2 aromatic carbocycles. The van der Waals surface area contributed by atoms with E-state index in [4.69, 9.17) is 9.47 Å². The zero-order valence-electron chi connectivity index (χ0n) is 17.4. The van der Waals surface area contributed by atoms with Gasteiger partial charge >= 0.3 is 0 Å². The van der Waals surface area contributed by atoms with E-state index in [1.807, 2.05) is 54.6 Å². The molecular weight excluding hydrogens is 364 g/mol. The summed E-state index contributed by atoms with van der Waals surface area (Å²) in [6, 6.07) is 18.0. The van der Waals surface area contributed by atoms with Crippen LogP contribution in [0.25, 0.3) is 11.3 Å². The number of hydrogen-bond acceptors (Lipinski definition) is 6. The fourth-order valence-electron chi connectivity index (χ4n) is 2.85. The Labute approximate surface area is 172 Å². The van der Waals surface area contributed by atoms with Crippen molar-refractivity contribution in [3.63, 3.8) is 0 Å². The first-order valence-corrected chi connectivity index (χ1v) is 9.72. The molecule has 0 spiro atoms. The highest BCUT2D eigenvalue weighted by molar-refractivity contribution is 5.64. The Kier molecular flexibility index (Phi) is 6.89. The molecule has 0 radical (unpaired) electrons. The summed E-state index contributed by atoms with van der Waals surface area (Å²) in [5, 5.41) is 6.73. The van der Waals surface area contributed by atoms with Crippen LogP contribution < -0.4 is 20.1 Å². The van der Waals surface area contributed by atoms with Gasteiger partial charge in [0, 0.05) is 24.7 Å². The second-order valence-electron chi connectivity index (χ2n) is 7.15. The maximum Gasteiger partial charge on any atom is 0.225 e. The number of anilines is 2. The van der Waals surface area contributed by atoms with Crippen molar-refractivity contribution in [3.05, 3.63) is 60.2 Å². The average Bonchev–Trinajstić information content (AvgIpc) is 2.76. The van der Waals surface area contributed by atoms with Crippen molar-refractivity contribution in [3.8, 4) is 22.8 Å². The van der Waals surface area contributed by atoms with Gasteiger partial charge in [0.2, 0.25) is 5.95 Å². The van der Waals surface area contributed by atoms with E-state index >= 15 is 0 Å². The number of aromatic nitrogens is 2. The van der Waals surface area contributed by atoms with Crippen LogP contribution in [0.3, 0.4) is 0 Å². The van der Waals surface area contributed by atoms with Crippen molar-refractivity contribution in [1.82, 2.24) is 9.97 Å². The summed E-state index contributed by atoms with van der Waals surface area (Å²) in [5.41, 5.74) is 3.00. The molecule has 0 unspecified atom stereocenters. The molecule has 6 heteroatoms. The Morgan fingerprint density at radius 2 is 1.62 bits per heavy atom. The van der Waals surface area contributed by atoms with E-state index in [9.17, 15) is 0 Å². The molecule has 0 aliphatic rings. The molecule has 29 heavy (non-hydrogen) atoms. The second kappa shape index (κ2) is 9.78. The normalized spacial score (nSPS) is 10.7. The summed E-state index contributed by atoms with van der Waals surface area (Å²) in [6.45, 7) is 5.73. The van der Waals surface area contributed by atoms with Crippen molar-refractivity contribution < 1.29 is 9.47 Å². The van der Waals surface area contributed by atoms with E-state index in [0.29, 0.717) is 29.9 Å². The number of benzene rings is 2. The van der Waals surface area contributed by atoms with Gasteiger partial charge in [-0.3, -0.25) is 0 Å². The lowest BCUT2D eigenvalue weighted by molar-refractivity contribution is 0.354. The minimum atomic E-state index is 0.502. The van der Waals surface area contributed by atoms with Crippen molar-refractivity contribution >= 4 is 11.8 Å². The molecule has 0 amide bonds. The third kappa shape index (κ3) is 5.60. The summed E-state index contributed by atoms with van der Waals surface area (Å²) in [6.07, 6.45) is 0. The van der Waals surface area contributed by atoms with E-state index in [1.165, 1.54) is 0 Å². The van der Waals surface area contributed by atoms with Crippen LogP contribution in [0, 0.1) is 5.92 Å². The molecule has 3 aromatic rings. The zero-order valence-corrected chi connectivity index (χ0v) is 17.4. The first-order valence-electron chi connectivity index (χ1n) is 9.72. The van der Waals surface area contributed by atoms with Crippen LogP contribution >= 0.6 is 0 Å². The van der Waals surface area contributed by atoms with E-state index in [-0.39, 0.29) is 0 Å². The van der Waals surface area contributed by atoms with Gasteiger partial charge in [-0.05, 0) is 23.6 Å². The predicted molar refractivity (Wildman–Crippen MR) is 118 cm³/mol. The van der Waals surface area contributed by atoms with E-state index in [1.54, 1.807) is 14.2 Å². The van der Waals surface area contributed by atoms with Crippen LogP contribution in [-0.2, 0) is 6.54 Å². The van der Waals surface area contributed by atoms with Crippen molar-refractivity contribution in [2.75, 3.05) is 31.4 Å². The molecule has 0 aliphatic carbocycles. The van der Waals surface area contributed by atoms with Gasteiger partial charge in [-0.25, -0.2) is 4.98 Å². The maximum absolute atomic E-state index is 5.39. The second-order valence-corrected chi connectivity index (χ2v) is 7.15. The average molecular weight is 393 g/mol. The minimum absolute atomic E-state index is 0.502. The van der Waals surface area contributed by atoms with E-state index in [0.717, 1.165) is 29.2 Å². The monoisotopic (exact) mass is 392 g/mol. The summed E-state index contributed by atoms with van der Waals surface area (Å²) in [4.78, 5) is 9.31. The van der Waals surface area contributed by atoms with Crippen molar-refractivity contribution in [2.24, 2.45) is 5.92 Å². The van der Waals surface area contributed by atoms with Gasteiger partial charge in [0.25, 0.3) is 0 Å². The third-order valence-electron chi connectivity index (χ3n) is 4.39. The Balaban J connectivity index is 1.83. The number of ether oxygens (including phenoxy) is 2. The fraction of sp³-hybridized carbons (Fsp3) is 0.304. The molecule has 6 nitrogen and oxygen atoms in total. The smallest absolute Gasteiger partial charge is 0.225 e. The quantitative estimate of drug-likeness (QED) is 0.543. The maximum atomic E-state index is 5.39. The molecule has 3 rings (SSSR count). The summed E-state index contributed by atoms with van der Waals surface area (Å²) >= 11 is 0. The molecule has 2 N–H and O–H groups in total. The van der Waals surface area contributed by atoms with Gasteiger partial charge in [-0.2, -0.15) is 4.98 Å². The predicted octanol–water partition coefficient (Wildman–Crippen LogP) is 4.84. The third-order valence-corrected chi connectivity index (χ3v) is 4.39. The van der Waals surface area contributed by atoms with Gasteiger partial charge in [-0.15, -0.1) is 0 Å². The molecule has 0 saturated carbocycles. The number of rotatable bonds is 9. The van der Waals surface area contributed by atoms with Gasteiger partial charge in [0.1, 0.15) is 5.82 Å². The lowest BCUT2D eigenvalue weighted by Gasteiger charge is -2.13. The van der Waals surface area contributed by atoms with Crippen molar-refractivity contribution in [1.29, 1.82) is 0 Å². The van der Waals surface area contributed by atoms with Crippen molar-refractivity contribution in [2.45, 2.75) is 20.4 Å². The standard InChI is InChI=1S/C23H28N4O2/c1-16(2)14-25-23-26-19(18-8-6-5-7-9-18)13-22(27-23)24-15-17-10-11-20(28-3)21(12-17)29-4/h5-13,16H,14-15H2,1-4H3,(H2,24,25,26,27). The topological polar surface area (TPSA) is 68.3 Å². The Morgan fingerprint density at radius 1 is 0.862 bits per heavy atom. The van der Waals surface area contributed by atoms with Crippen LogP contribution in [0.2, 0.25) is 0 Å². The summed E-state index contributed by atoms with van der Waals surface area (Å²) in [7, 11) is 3.27. The molecular formula is C23H28N4O2. The Hall–Kier alpha value is -3.28. The lowest BCUT2D eigenvalue weighted by Crippen LogP contribution is -2.12. The highest BCUT2D eigenvalue weighted by Crippen LogP contribution is 2.28. The SMILES string of the molecule is COc1ccc(CNc2cc(-c3ccccc3)nc(NCC(C)C)n2)cc1OC. The number of hydrogen-bond donors (Lipinski definition) is 2. The number of nitrogens with zero attached hydrogens (tertiary/aromatic N) is 2. The van der Waals surface area contributed by atoms with Gasteiger partial charge in [0.05, 0.1) is 19.9 Å². The lowest BCUT2D eigenvalue weighted by atomic mass is 10.1. The van der Waals surface area contributed by atoms with Gasteiger partial charge in [-0.1, -0.05) is 50.2 Å². The summed E-state index contributed by atoms with van der Waals surface area (Å²) < 4.78 is 10.7. The van der Waals surface area contributed by atoms with Crippen LogP contribution in [-0.4, -0.2) is 30.7 Å². The first-order chi connectivity index (χ1) is 14.1. The molecule has 0 bridgehead atoms. The van der Waals surface area contributed by atoms with Crippen LogP contribution in [0.15, 0.2) is 54.6 Å². The molecule has 0 aliphatic heterocycles. The van der Waals surface area contributed by atoms with E-state index in [2.05, 4.69) is 34.4 Å². The Morgan fingerprint density at radius 3 is 2.31 bits per heavy atom.